The Morgan fingerprint density at radius 1 is 1.20 bits per heavy atom. The first-order valence-electron chi connectivity index (χ1n) is 8.45. The number of hydrogen-bond donors (Lipinski definition) is 4. The van der Waals surface area contributed by atoms with E-state index in [-0.39, 0.29) is 5.96 Å². The fraction of sp³-hybridized carbons (Fsp3) is 0.200. The van der Waals surface area contributed by atoms with Gasteiger partial charge in [-0.15, -0.1) is 0 Å². The number of nitrogens with one attached hydrogen (secondary N) is 3. The van der Waals surface area contributed by atoms with Crippen molar-refractivity contribution in [3.63, 3.8) is 0 Å². The van der Waals surface area contributed by atoms with Gasteiger partial charge in [0.25, 0.3) is 0 Å². The lowest BCUT2D eigenvalue weighted by atomic mass is 9.81. The van der Waals surface area contributed by atoms with E-state index in [0.29, 0.717) is 5.92 Å². The van der Waals surface area contributed by atoms with E-state index in [1.165, 1.54) is 22.2 Å². The number of nitrogens with two attached hydrogens (primary N) is 1. The first-order valence-corrected chi connectivity index (χ1v) is 8.45. The molecule has 0 spiro atoms. The van der Waals surface area contributed by atoms with Crippen molar-refractivity contribution in [3.8, 4) is 0 Å². The van der Waals surface area contributed by atoms with Gasteiger partial charge in [0.1, 0.15) is 0 Å². The van der Waals surface area contributed by atoms with Crippen LogP contribution < -0.4 is 11.2 Å². The van der Waals surface area contributed by atoms with Crippen molar-refractivity contribution in [2.24, 2.45) is 10.8 Å². The fourth-order valence-electron chi connectivity index (χ4n) is 3.69. The van der Waals surface area contributed by atoms with E-state index in [0.717, 1.165) is 29.6 Å². The van der Waals surface area contributed by atoms with E-state index in [1.807, 2.05) is 6.07 Å². The molecule has 0 saturated heterocycles. The summed E-state index contributed by atoms with van der Waals surface area (Å²) in [6, 6.07) is 16.9. The van der Waals surface area contributed by atoms with E-state index in [2.05, 4.69) is 64.9 Å². The number of aromatic amines is 1. The summed E-state index contributed by atoms with van der Waals surface area (Å²) in [6.07, 6.45) is 1.77. The van der Waals surface area contributed by atoms with E-state index >= 15 is 0 Å². The zero-order valence-corrected chi connectivity index (χ0v) is 14.1. The highest BCUT2D eigenvalue weighted by Gasteiger charge is 2.28. The average molecular weight is 331 g/mol. The number of aryl methyl sites for hydroxylation is 1. The Morgan fingerprint density at radius 3 is 2.76 bits per heavy atom. The monoisotopic (exact) mass is 331 g/mol. The topological polar surface area (TPSA) is 90.0 Å². The molecule has 5 heteroatoms. The Kier molecular flexibility index (Phi) is 3.76. The number of H-pyrrole nitrogens is 1. The molecule has 0 aliphatic heterocycles. The van der Waals surface area contributed by atoms with Gasteiger partial charge in [0.15, 0.2) is 0 Å². The maximum absolute atomic E-state index is 7.42. The molecule has 5 N–H and O–H groups in total. The normalized spacial score (nSPS) is 18.3. The number of benzene rings is 2. The van der Waals surface area contributed by atoms with Crippen LogP contribution in [0.15, 0.2) is 53.6 Å². The van der Waals surface area contributed by atoms with Crippen molar-refractivity contribution >= 4 is 22.6 Å². The molecule has 3 aromatic rings. The number of aromatic nitrogens is 1. The lowest BCUT2D eigenvalue weighted by molar-refractivity contribution is 0.683. The van der Waals surface area contributed by atoms with E-state index in [9.17, 15) is 0 Å². The third-order valence-corrected chi connectivity index (χ3v) is 4.79. The largest absolute Gasteiger partial charge is 0.369 e. The number of fused-ring (bicyclic) bond motifs is 3. The molecule has 0 saturated carbocycles. The van der Waals surface area contributed by atoms with Gasteiger partial charge in [-0.3, -0.25) is 5.41 Å². The van der Waals surface area contributed by atoms with Crippen LogP contribution in [0.1, 0.15) is 34.7 Å². The van der Waals surface area contributed by atoms with Crippen LogP contribution in [0.5, 0.6) is 0 Å². The minimum absolute atomic E-state index is 0.146. The van der Waals surface area contributed by atoms with Crippen LogP contribution in [0.4, 0.5) is 0 Å². The summed E-state index contributed by atoms with van der Waals surface area (Å²) < 4.78 is 0. The molecule has 0 amide bonds. The Balaban J connectivity index is 1.85. The Hall–Kier alpha value is -3.08. The van der Waals surface area contributed by atoms with E-state index in [1.54, 1.807) is 0 Å². The highest BCUT2D eigenvalue weighted by molar-refractivity contribution is 6.13. The Bertz CT molecular complexity index is 968. The molecule has 1 aromatic heterocycles. The summed E-state index contributed by atoms with van der Waals surface area (Å²) in [4.78, 5) is 3.57. The van der Waals surface area contributed by atoms with Crippen LogP contribution in [0.2, 0.25) is 0 Å². The molecular weight excluding hydrogens is 310 g/mol. The molecule has 0 bridgehead atoms. The highest BCUT2D eigenvalue weighted by Crippen LogP contribution is 2.36. The molecule has 0 radical (unpaired) electrons. The van der Waals surface area contributed by atoms with E-state index in [4.69, 9.17) is 11.1 Å². The summed E-state index contributed by atoms with van der Waals surface area (Å²) in [6.45, 7) is 2.10. The lowest BCUT2D eigenvalue weighted by Crippen LogP contribution is -2.28. The van der Waals surface area contributed by atoms with Crippen molar-refractivity contribution in [2.75, 3.05) is 0 Å². The molecular formula is C20H21N5. The molecule has 126 valence electrons. The van der Waals surface area contributed by atoms with Gasteiger partial charge in [-0.1, -0.05) is 42.0 Å². The lowest BCUT2D eigenvalue weighted by Gasteiger charge is -2.24. The summed E-state index contributed by atoms with van der Waals surface area (Å²) >= 11 is 0. The predicted molar refractivity (Wildman–Crippen MR) is 102 cm³/mol. The molecule has 4 rings (SSSR count). The molecule has 1 aliphatic carbocycles. The summed E-state index contributed by atoms with van der Waals surface area (Å²) in [5, 5.41) is 13.1. The smallest absolute Gasteiger partial charge is 0.206 e. The number of hydrazone groups is 1. The van der Waals surface area contributed by atoms with Gasteiger partial charge in [0.2, 0.25) is 5.96 Å². The van der Waals surface area contributed by atoms with Crippen LogP contribution in [0.25, 0.3) is 10.9 Å². The van der Waals surface area contributed by atoms with Gasteiger partial charge in [0.05, 0.1) is 5.71 Å². The zero-order valence-electron chi connectivity index (χ0n) is 14.1. The van der Waals surface area contributed by atoms with Crippen molar-refractivity contribution in [1.29, 1.82) is 5.41 Å². The summed E-state index contributed by atoms with van der Waals surface area (Å²) in [5.41, 5.74) is 15.0. The highest BCUT2D eigenvalue weighted by atomic mass is 15.3. The molecule has 1 aliphatic rings. The maximum Gasteiger partial charge on any atom is 0.206 e. The summed E-state index contributed by atoms with van der Waals surface area (Å²) in [5.74, 6) is 0.210. The van der Waals surface area contributed by atoms with Crippen LogP contribution in [0, 0.1) is 12.3 Å². The van der Waals surface area contributed by atoms with Gasteiger partial charge >= 0.3 is 0 Å². The minimum atomic E-state index is -0.146. The second-order valence-corrected chi connectivity index (χ2v) is 6.63. The Labute approximate surface area is 146 Å². The molecule has 5 nitrogen and oxygen atoms in total. The SMILES string of the molecule is Cc1ccc2[nH]c3c(c2c1)C(=NNC(=N)N)CC(c1ccccc1)C3. The van der Waals surface area contributed by atoms with Gasteiger partial charge in [-0.25, -0.2) is 5.43 Å². The molecule has 25 heavy (non-hydrogen) atoms. The number of hydrogen-bond acceptors (Lipinski definition) is 2. The van der Waals surface area contributed by atoms with Crippen molar-refractivity contribution in [3.05, 3.63) is 70.9 Å². The summed E-state index contributed by atoms with van der Waals surface area (Å²) in [7, 11) is 0. The van der Waals surface area contributed by atoms with Crippen molar-refractivity contribution < 1.29 is 0 Å². The Morgan fingerprint density at radius 2 is 2.00 bits per heavy atom. The quantitative estimate of drug-likeness (QED) is 0.329. The van der Waals surface area contributed by atoms with Crippen LogP contribution >= 0.6 is 0 Å². The third-order valence-electron chi connectivity index (χ3n) is 4.79. The van der Waals surface area contributed by atoms with Crippen molar-refractivity contribution in [2.45, 2.75) is 25.7 Å². The van der Waals surface area contributed by atoms with Gasteiger partial charge in [0, 0.05) is 22.2 Å². The zero-order chi connectivity index (χ0) is 17.4. The number of nitrogens with zero attached hydrogens (tertiary/aromatic N) is 1. The molecule has 0 fully saturated rings. The standard InChI is InChI=1S/C20H21N5/c1-12-7-8-16-15(9-12)19-17(23-16)10-14(13-5-3-2-4-6-13)11-18(19)24-25-20(21)22/h2-9,14,23H,10-11H2,1H3,(H4,21,22,25). The first kappa shape index (κ1) is 15.4. The second-order valence-electron chi connectivity index (χ2n) is 6.63. The van der Waals surface area contributed by atoms with E-state index < -0.39 is 0 Å². The maximum atomic E-state index is 7.42. The van der Waals surface area contributed by atoms with Gasteiger partial charge < -0.3 is 10.7 Å². The first-order chi connectivity index (χ1) is 12.1. The van der Waals surface area contributed by atoms with Crippen LogP contribution in [0.3, 0.4) is 0 Å². The average Bonchev–Trinajstić information content (AvgIpc) is 2.98. The second kappa shape index (κ2) is 6.09. The van der Waals surface area contributed by atoms with Crippen molar-refractivity contribution in [1.82, 2.24) is 10.4 Å². The molecule has 2 aromatic carbocycles. The van der Waals surface area contributed by atoms with Crippen LogP contribution in [-0.4, -0.2) is 16.7 Å². The molecule has 1 unspecified atom stereocenters. The molecule has 1 atom stereocenters. The van der Waals surface area contributed by atoms with Gasteiger partial charge in [-0.2, -0.15) is 5.10 Å². The number of rotatable bonds is 2. The molecule has 1 heterocycles. The van der Waals surface area contributed by atoms with Crippen LogP contribution in [-0.2, 0) is 6.42 Å². The third kappa shape index (κ3) is 2.89. The predicted octanol–water partition coefficient (Wildman–Crippen LogP) is 3.39. The van der Waals surface area contributed by atoms with Gasteiger partial charge in [-0.05, 0) is 43.4 Å². The number of guanidine groups is 1. The fourth-order valence-corrected chi connectivity index (χ4v) is 3.69. The minimum Gasteiger partial charge on any atom is -0.369 e.